The second-order valence-electron chi connectivity index (χ2n) is 6.45. The fraction of sp³-hybridized carbons (Fsp3) is 0.0952. The number of aromatic nitrogens is 2. The van der Waals surface area contributed by atoms with Crippen LogP contribution >= 0.6 is 22.9 Å². The molecule has 3 aromatic heterocycles. The van der Waals surface area contributed by atoms with Crippen LogP contribution in [0.2, 0.25) is 5.02 Å². The van der Waals surface area contributed by atoms with Gasteiger partial charge in [-0.25, -0.2) is 4.98 Å². The largest absolute Gasteiger partial charge is 0.459 e. The van der Waals surface area contributed by atoms with Crippen LogP contribution in [-0.2, 0) is 7.05 Å². The van der Waals surface area contributed by atoms with Crippen LogP contribution in [-0.4, -0.2) is 21.4 Å². The van der Waals surface area contributed by atoms with E-state index in [4.69, 9.17) is 16.0 Å². The number of amides is 2. The third-order valence-corrected chi connectivity index (χ3v) is 5.66. The molecule has 9 heteroatoms. The number of anilines is 1. The maximum atomic E-state index is 12.9. The Balaban J connectivity index is 1.53. The number of carbonyl (C=O) groups excluding carboxylic acids is 2. The lowest BCUT2D eigenvalue weighted by molar-refractivity contribution is 0.0944. The molecule has 0 spiro atoms. The minimum atomic E-state index is -0.460. The fourth-order valence-corrected chi connectivity index (χ4v) is 3.85. The first-order valence-corrected chi connectivity index (χ1v) is 10.2. The van der Waals surface area contributed by atoms with E-state index in [1.165, 1.54) is 17.6 Å². The summed E-state index contributed by atoms with van der Waals surface area (Å²) in [6, 6.07) is 13.3. The van der Waals surface area contributed by atoms with Gasteiger partial charge in [0.2, 0.25) is 0 Å². The van der Waals surface area contributed by atoms with Gasteiger partial charge in [-0.15, -0.1) is 11.3 Å². The second kappa shape index (κ2) is 8.56. The predicted octanol–water partition coefficient (Wildman–Crippen LogP) is 4.50. The highest BCUT2D eigenvalue weighted by molar-refractivity contribution is 7.18. The van der Waals surface area contributed by atoms with Crippen LogP contribution in [0.25, 0.3) is 0 Å². The molecule has 0 saturated heterocycles. The average Bonchev–Trinajstić information content (AvgIpc) is 3.49. The Bertz CT molecular complexity index is 1170. The van der Waals surface area contributed by atoms with Crippen LogP contribution in [0.1, 0.15) is 37.7 Å². The molecule has 0 fully saturated rings. The summed E-state index contributed by atoms with van der Waals surface area (Å²) in [7, 11) is 1.87. The number of hydrogen-bond acceptors (Lipinski definition) is 5. The summed E-state index contributed by atoms with van der Waals surface area (Å²) in [6.45, 7) is 0. The SMILES string of the molecule is Cn1ccnc1[C@H](NC(=O)c1ccc(NC(=O)c2ccco2)s1)c1ccc(Cl)cc1. The topological polar surface area (TPSA) is 89.2 Å². The number of nitrogens with zero attached hydrogens (tertiary/aromatic N) is 2. The van der Waals surface area contributed by atoms with Crippen molar-refractivity contribution < 1.29 is 14.0 Å². The number of furan rings is 1. The number of aryl methyl sites for hydroxylation is 1. The minimum absolute atomic E-state index is 0.201. The van der Waals surface area contributed by atoms with Crippen molar-refractivity contribution in [3.05, 3.63) is 94.2 Å². The van der Waals surface area contributed by atoms with Gasteiger partial charge in [-0.2, -0.15) is 0 Å². The monoisotopic (exact) mass is 440 g/mol. The molecule has 7 nitrogen and oxygen atoms in total. The average molecular weight is 441 g/mol. The molecule has 0 bridgehead atoms. The molecule has 30 heavy (non-hydrogen) atoms. The van der Waals surface area contributed by atoms with Crippen LogP contribution in [0.15, 0.2) is 71.6 Å². The van der Waals surface area contributed by atoms with E-state index < -0.39 is 6.04 Å². The summed E-state index contributed by atoms with van der Waals surface area (Å²) in [5.74, 6) is 0.239. The molecule has 0 aliphatic rings. The Morgan fingerprint density at radius 2 is 1.93 bits per heavy atom. The molecule has 1 atom stereocenters. The van der Waals surface area contributed by atoms with Crippen LogP contribution in [0.4, 0.5) is 5.00 Å². The van der Waals surface area contributed by atoms with Crippen molar-refractivity contribution >= 4 is 39.8 Å². The van der Waals surface area contributed by atoms with Crippen LogP contribution in [0.3, 0.4) is 0 Å². The summed E-state index contributed by atoms with van der Waals surface area (Å²) in [4.78, 5) is 29.9. The zero-order chi connectivity index (χ0) is 21.1. The first kappa shape index (κ1) is 19.9. The second-order valence-corrected chi connectivity index (χ2v) is 7.97. The molecule has 0 radical (unpaired) electrons. The van der Waals surface area contributed by atoms with Gasteiger partial charge in [-0.1, -0.05) is 23.7 Å². The van der Waals surface area contributed by atoms with Crippen LogP contribution in [0.5, 0.6) is 0 Å². The van der Waals surface area contributed by atoms with E-state index in [1.807, 2.05) is 29.9 Å². The van der Waals surface area contributed by atoms with Gasteiger partial charge in [-0.05, 0) is 42.0 Å². The van der Waals surface area contributed by atoms with E-state index in [1.54, 1.807) is 42.6 Å². The molecule has 0 aliphatic carbocycles. The van der Waals surface area contributed by atoms with Crippen molar-refractivity contribution in [1.82, 2.24) is 14.9 Å². The number of thiophene rings is 1. The molecule has 3 heterocycles. The number of nitrogens with one attached hydrogen (secondary N) is 2. The molecule has 1 aromatic carbocycles. The Morgan fingerprint density at radius 1 is 1.13 bits per heavy atom. The van der Waals surface area contributed by atoms with E-state index in [9.17, 15) is 9.59 Å². The maximum absolute atomic E-state index is 12.9. The molecule has 0 saturated carbocycles. The quantitative estimate of drug-likeness (QED) is 0.462. The smallest absolute Gasteiger partial charge is 0.291 e. The van der Waals surface area contributed by atoms with Gasteiger partial charge < -0.3 is 19.6 Å². The van der Waals surface area contributed by atoms with Crippen molar-refractivity contribution in [1.29, 1.82) is 0 Å². The Hall–Kier alpha value is -3.36. The first-order valence-electron chi connectivity index (χ1n) is 8.99. The third-order valence-electron chi connectivity index (χ3n) is 4.41. The normalized spacial score (nSPS) is 11.8. The van der Waals surface area contributed by atoms with Gasteiger partial charge in [0.15, 0.2) is 5.76 Å². The lowest BCUT2D eigenvalue weighted by Gasteiger charge is -2.19. The molecule has 2 N–H and O–H groups in total. The van der Waals surface area contributed by atoms with E-state index in [0.29, 0.717) is 20.7 Å². The lowest BCUT2D eigenvalue weighted by Crippen LogP contribution is -2.30. The number of hydrogen-bond donors (Lipinski definition) is 2. The van der Waals surface area contributed by atoms with Crippen molar-refractivity contribution in [3.63, 3.8) is 0 Å². The predicted molar refractivity (Wildman–Crippen MR) is 115 cm³/mol. The van der Waals surface area contributed by atoms with E-state index in [0.717, 1.165) is 5.56 Å². The molecule has 0 aliphatic heterocycles. The number of rotatable bonds is 6. The van der Waals surface area contributed by atoms with Crippen molar-refractivity contribution in [2.24, 2.45) is 7.05 Å². The van der Waals surface area contributed by atoms with Crippen molar-refractivity contribution in [2.75, 3.05) is 5.32 Å². The summed E-state index contributed by atoms with van der Waals surface area (Å²) < 4.78 is 6.93. The molecule has 4 aromatic rings. The fourth-order valence-electron chi connectivity index (χ4n) is 2.92. The van der Waals surface area contributed by atoms with E-state index in [-0.39, 0.29) is 17.6 Å². The number of carbonyl (C=O) groups is 2. The molecule has 0 unspecified atom stereocenters. The molecule has 152 valence electrons. The van der Waals surface area contributed by atoms with Crippen LogP contribution < -0.4 is 10.6 Å². The standard InChI is InChI=1S/C21H17ClN4O3S/c1-26-11-10-23-19(26)18(13-4-6-14(22)7-5-13)25-21(28)16-8-9-17(30-16)24-20(27)15-3-2-12-29-15/h2-12,18H,1H3,(H,24,27)(H,25,28)/t18-/m1/s1. The zero-order valence-electron chi connectivity index (χ0n) is 15.8. The Morgan fingerprint density at radius 3 is 2.60 bits per heavy atom. The lowest BCUT2D eigenvalue weighted by atomic mass is 10.1. The molecular weight excluding hydrogens is 424 g/mol. The van der Waals surface area contributed by atoms with Crippen molar-refractivity contribution in [2.45, 2.75) is 6.04 Å². The molecular formula is C21H17ClN4O3S. The van der Waals surface area contributed by atoms with Gasteiger partial charge in [0.1, 0.15) is 11.9 Å². The highest BCUT2D eigenvalue weighted by atomic mass is 35.5. The zero-order valence-corrected chi connectivity index (χ0v) is 17.4. The number of imidazole rings is 1. The van der Waals surface area contributed by atoms with Crippen LogP contribution in [0, 0.1) is 0 Å². The first-order chi connectivity index (χ1) is 14.5. The Labute approximate surface area is 181 Å². The molecule has 2 amide bonds. The highest BCUT2D eigenvalue weighted by Gasteiger charge is 2.22. The summed E-state index contributed by atoms with van der Waals surface area (Å²) in [6.07, 6.45) is 4.92. The van der Waals surface area contributed by atoms with Gasteiger partial charge in [0, 0.05) is 24.5 Å². The number of halogens is 1. The van der Waals surface area contributed by atoms with Gasteiger partial charge in [-0.3, -0.25) is 9.59 Å². The van der Waals surface area contributed by atoms with E-state index in [2.05, 4.69) is 15.6 Å². The molecule has 4 rings (SSSR count). The maximum Gasteiger partial charge on any atom is 0.291 e. The highest BCUT2D eigenvalue weighted by Crippen LogP contribution is 2.26. The summed E-state index contributed by atoms with van der Waals surface area (Å²) in [5.41, 5.74) is 0.852. The summed E-state index contributed by atoms with van der Waals surface area (Å²) in [5, 5.41) is 6.90. The van der Waals surface area contributed by atoms with Gasteiger partial charge in [0.05, 0.1) is 16.1 Å². The Kier molecular flexibility index (Phi) is 5.69. The van der Waals surface area contributed by atoms with Gasteiger partial charge in [0.25, 0.3) is 11.8 Å². The van der Waals surface area contributed by atoms with E-state index >= 15 is 0 Å². The third kappa shape index (κ3) is 4.29. The minimum Gasteiger partial charge on any atom is -0.459 e. The summed E-state index contributed by atoms with van der Waals surface area (Å²) >= 11 is 7.18. The van der Waals surface area contributed by atoms with Crippen molar-refractivity contribution in [3.8, 4) is 0 Å². The van der Waals surface area contributed by atoms with Gasteiger partial charge >= 0.3 is 0 Å². The number of benzene rings is 1.